The average Bonchev–Trinajstić information content (AvgIpc) is 2.36. The molecular formula is C16H17NO2. The summed E-state index contributed by atoms with van der Waals surface area (Å²) in [7, 11) is 0. The van der Waals surface area contributed by atoms with Gasteiger partial charge in [0.2, 0.25) is 5.78 Å². The molecule has 3 nitrogen and oxygen atoms in total. The third kappa shape index (κ3) is 3.19. The van der Waals surface area contributed by atoms with E-state index in [1.807, 2.05) is 32.9 Å². The van der Waals surface area contributed by atoms with Crippen molar-refractivity contribution in [3.8, 4) is 5.75 Å². The predicted molar refractivity (Wildman–Crippen MR) is 74.7 cm³/mol. The lowest BCUT2D eigenvalue weighted by molar-refractivity contribution is 0.0920. The van der Waals surface area contributed by atoms with Gasteiger partial charge in [-0.25, -0.2) is 0 Å². The van der Waals surface area contributed by atoms with Crippen molar-refractivity contribution in [3.63, 3.8) is 0 Å². The van der Waals surface area contributed by atoms with Crippen LogP contribution >= 0.6 is 0 Å². The molecule has 1 aromatic carbocycles. The van der Waals surface area contributed by atoms with Gasteiger partial charge < -0.3 is 4.74 Å². The Morgan fingerprint density at radius 2 is 1.89 bits per heavy atom. The fourth-order valence-corrected chi connectivity index (χ4v) is 2.27. The quantitative estimate of drug-likeness (QED) is 0.787. The van der Waals surface area contributed by atoms with Gasteiger partial charge in [-0.1, -0.05) is 17.7 Å². The zero-order chi connectivity index (χ0) is 13.8. The number of Topliss-reactive ketones (excluding diaryl/α,β-unsaturated/α-hetero) is 1. The summed E-state index contributed by atoms with van der Waals surface area (Å²) in [4.78, 5) is 16.2. The first-order chi connectivity index (χ1) is 9.08. The van der Waals surface area contributed by atoms with Crippen molar-refractivity contribution < 1.29 is 9.53 Å². The minimum absolute atomic E-state index is 0.00106. The molecule has 0 N–H and O–H groups in total. The van der Waals surface area contributed by atoms with E-state index in [-0.39, 0.29) is 12.4 Å². The highest BCUT2D eigenvalue weighted by atomic mass is 16.5. The topological polar surface area (TPSA) is 39.2 Å². The zero-order valence-corrected chi connectivity index (χ0v) is 11.4. The molecule has 0 saturated carbocycles. The molecule has 0 saturated heterocycles. The molecular weight excluding hydrogens is 238 g/mol. The van der Waals surface area contributed by atoms with Crippen molar-refractivity contribution in [2.24, 2.45) is 0 Å². The van der Waals surface area contributed by atoms with Crippen molar-refractivity contribution in [3.05, 3.63) is 58.9 Å². The minimum atomic E-state index is -0.00106. The van der Waals surface area contributed by atoms with Gasteiger partial charge in [-0.2, -0.15) is 0 Å². The smallest absolute Gasteiger partial charge is 0.200 e. The maximum absolute atomic E-state index is 12.2. The van der Waals surface area contributed by atoms with Gasteiger partial charge in [0, 0.05) is 11.8 Å². The minimum Gasteiger partial charge on any atom is -0.484 e. The fraction of sp³-hybridized carbons (Fsp3) is 0.250. The summed E-state index contributed by atoms with van der Waals surface area (Å²) in [5.41, 5.74) is 3.92. The Hall–Kier alpha value is -2.16. The highest BCUT2D eigenvalue weighted by molar-refractivity contribution is 6.00. The van der Waals surface area contributed by atoms with E-state index in [2.05, 4.69) is 4.98 Å². The van der Waals surface area contributed by atoms with Crippen molar-refractivity contribution in [1.29, 1.82) is 0 Å². The number of carbonyl (C=O) groups is 1. The van der Waals surface area contributed by atoms with E-state index in [0.717, 1.165) is 16.7 Å². The van der Waals surface area contributed by atoms with E-state index < -0.39 is 0 Å². The van der Waals surface area contributed by atoms with Gasteiger partial charge >= 0.3 is 0 Å². The Bertz CT molecular complexity index is 568. The molecule has 98 valence electrons. The van der Waals surface area contributed by atoms with Gasteiger partial charge in [-0.3, -0.25) is 9.78 Å². The third-order valence-corrected chi connectivity index (χ3v) is 2.96. The molecule has 0 radical (unpaired) electrons. The molecule has 0 aliphatic rings. The lowest BCUT2D eigenvalue weighted by Gasteiger charge is -2.11. The van der Waals surface area contributed by atoms with Crippen LogP contribution < -0.4 is 4.74 Å². The van der Waals surface area contributed by atoms with Crippen molar-refractivity contribution in [2.75, 3.05) is 6.61 Å². The number of ketones is 1. The summed E-state index contributed by atoms with van der Waals surface area (Å²) in [6.45, 7) is 5.98. The molecule has 0 amide bonds. The molecule has 0 bridgehead atoms. The summed E-state index contributed by atoms with van der Waals surface area (Å²) in [5.74, 6) is 0.608. The molecule has 2 rings (SSSR count). The van der Waals surface area contributed by atoms with Crippen LogP contribution in [0.15, 0.2) is 36.7 Å². The summed E-state index contributed by atoms with van der Waals surface area (Å²) in [6.07, 6.45) is 3.27. The fourth-order valence-electron chi connectivity index (χ4n) is 2.27. The molecule has 2 aromatic rings. The number of hydrogen-bond donors (Lipinski definition) is 0. The van der Waals surface area contributed by atoms with Crippen LogP contribution in [0.1, 0.15) is 27.0 Å². The Labute approximate surface area is 113 Å². The van der Waals surface area contributed by atoms with Crippen LogP contribution in [0.5, 0.6) is 5.75 Å². The number of ether oxygens (including phenoxy) is 1. The second kappa shape index (κ2) is 5.65. The lowest BCUT2D eigenvalue weighted by atomic mass is 9.97. The number of pyridine rings is 1. The van der Waals surface area contributed by atoms with Gasteiger partial charge in [-0.15, -0.1) is 0 Å². The molecule has 0 aliphatic heterocycles. The maximum Gasteiger partial charge on any atom is 0.200 e. The van der Waals surface area contributed by atoms with Gasteiger partial charge in [-0.05, 0) is 44.0 Å². The lowest BCUT2D eigenvalue weighted by Crippen LogP contribution is -2.14. The standard InChI is InChI=1S/C16H17NO2/c1-11-7-12(2)16(13(3)8-11)15(18)10-19-14-5-4-6-17-9-14/h4-9H,10H2,1-3H3. The molecule has 19 heavy (non-hydrogen) atoms. The van der Waals surface area contributed by atoms with E-state index >= 15 is 0 Å². The second-order valence-corrected chi connectivity index (χ2v) is 4.67. The number of aromatic nitrogens is 1. The highest BCUT2D eigenvalue weighted by Gasteiger charge is 2.13. The summed E-state index contributed by atoms with van der Waals surface area (Å²) >= 11 is 0. The number of rotatable bonds is 4. The number of carbonyl (C=O) groups excluding carboxylic acids is 1. The van der Waals surface area contributed by atoms with Gasteiger partial charge in [0.15, 0.2) is 6.61 Å². The first-order valence-electron chi connectivity index (χ1n) is 6.22. The SMILES string of the molecule is Cc1cc(C)c(C(=O)COc2cccnc2)c(C)c1. The van der Waals surface area contributed by atoms with Crippen LogP contribution in [0.25, 0.3) is 0 Å². The Kier molecular flexibility index (Phi) is 3.95. The Morgan fingerprint density at radius 1 is 1.21 bits per heavy atom. The van der Waals surface area contributed by atoms with Crippen LogP contribution in [0.2, 0.25) is 0 Å². The second-order valence-electron chi connectivity index (χ2n) is 4.67. The normalized spacial score (nSPS) is 10.3. The van der Waals surface area contributed by atoms with Crippen molar-refractivity contribution in [2.45, 2.75) is 20.8 Å². The molecule has 1 heterocycles. The first-order valence-corrected chi connectivity index (χ1v) is 6.22. The molecule has 0 unspecified atom stereocenters. The predicted octanol–water partition coefficient (Wildman–Crippen LogP) is 3.27. The van der Waals surface area contributed by atoms with Crippen LogP contribution in [-0.4, -0.2) is 17.4 Å². The third-order valence-electron chi connectivity index (χ3n) is 2.96. The van der Waals surface area contributed by atoms with E-state index in [1.165, 1.54) is 5.56 Å². The molecule has 0 fully saturated rings. The van der Waals surface area contributed by atoms with E-state index in [1.54, 1.807) is 24.5 Å². The summed E-state index contributed by atoms with van der Waals surface area (Å²) in [6, 6.07) is 7.60. The Balaban J connectivity index is 2.13. The van der Waals surface area contributed by atoms with Crippen LogP contribution in [0, 0.1) is 20.8 Å². The number of benzene rings is 1. The number of hydrogen-bond acceptors (Lipinski definition) is 3. The van der Waals surface area contributed by atoms with Gasteiger partial charge in [0.05, 0.1) is 6.20 Å². The average molecular weight is 255 g/mol. The zero-order valence-electron chi connectivity index (χ0n) is 11.4. The molecule has 1 aromatic heterocycles. The van der Waals surface area contributed by atoms with E-state index in [0.29, 0.717) is 5.75 Å². The Morgan fingerprint density at radius 3 is 2.47 bits per heavy atom. The van der Waals surface area contributed by atoms with Crippen LogP contribution in [0.3, 0.4) is 0 Å². The molecule has 0 aliphatic carbocycles. The molecule has 0 atom stereocenters. The van der Waals surface area contributed by atoms with Crippen LogP contribution in [-0.2, 0) is 0 Å². The van der Waals surface area contributed by atoms with E-state index in [4.69, 9.17) is 4.74 Å². The maximum atomic E-state index is 12.2. The summed E-state index contributed by atoms with van der Waals surface area (Å²) < 4.78 is 5.45. The van der Waals surface area contributed by atoms with Gasteiger partial charge in [0.1, 0.15) is 5.75 Å². The first kappa shape index (κ1) is 13.3. The largest absolute Gasteiger partial charge is 0.484 e. The van der Waals surface area contributed by atoms with E-state index in [9.17, 15) is 4.79 Å². The van der Waals surface area contributed by atoms with Crippen molar-refractivity contribution >= 4 is 5.78 Å². The van der Waals surface area contributed by atoms with Gasteiger partial charge in [0.25, 0.3) is 0 Å². The monoisotopic (exact) mass is 255 g/mol. The molecule has 3 heteroatoms. The van der Waals surface area contributed by atoms with Crippen LogP contribution in [0.4, 0.5) is 0 Å². The number of nitrogens with zero attached hydrogens (tertiary/aromatic N) is 1. The molecule has 0 spiro atoms. The summed E-state index contributed by atoms with van der Waals surface area (Å²) in [5, 5.41) is 0. The highest BCUT2D eigenvalue weighted by Crippen LogP contribution is 2.17. The van der Waals surface area contributed by atoms with Crippen molar-refractivity contribution in [1.82, 2.24) is 4.98 Å². The number of aryl methyl sites for hydroxylation is 3.